The second-order valence-electron chi connectivity index (χ2n) is 24.6. The smallest absolute Gasteiger partial charge is 0.444 e. The molecule has 3 aliphatic heterocycles. The largest absolute Gasteiger partial charge is 0.496 e. The van der Waals surface area contributed by atoms with E-state index in [2.05, 4.69) is 55.8 Å². The quantitative estimate of drug-likeness (QED) is 0.123. The highest BCUT2D eigenvalue weighted by Gasteiger charge is 2.52. The number of hydrogen-bond acceptors (Lipinski definition) is 14. The van der Waals surface area contributed by atoms with E-state index in [0.29, 0.717) is 32.4 Å². The Bertz CT molecular complexity index is 3930. The number of rotatable bonds is 4. The standard InChI is InChI=1S/C26H29FN6O3.C18H22BrFN4O3.C14H18BFN2O2/c1-15-12-18(17-6-7-19-28-16(2)13-33(19)14-17)29-21-20(15)30-23(31-22(21)34)26(27)8-10-32(11-9-26)24(35)36-25(3,4)5;1-10-9-11(19)21-13-12(10)22-15(23-14(13)25)18(20)5-7-24(8-6-18)16(26)27-17(2,3)4;1-9-7-18-8-10(6-11(16)12(18)17-9)15-19-13(2,3)14(4,5)20-15/h6-7,12-14H,8-11H2,1-5H3,(H,30,31,34);9H,5-8H2,1-4H3,(H,22,23,25);6-8H,1-5H3. The number of aromatic nitrogens is 10. The van der Waals surface area contributed by atoms with E-state index < -0.39 is 64.2 Å². The summed E-state index contributed by atoms with van der Waals surface area (Å²) in [6, 6.07) is 8.81. The Kier molecular flexibility index (Phi) is 16.0. The molecule has 440 valence electrons. The Morgan fingerprint density at radius 3 is 1.60 bits per heavy atom. The first-order valence-corrected chi connectivity index (χ1v) is 28.2. The van der Waals surface area contributed by atoms with Crippen molar-refractivity contribution in [3.8, 4) is 11.3 Å². The molecule has 0 unspecified atom stereocenters. The zero-order valence-electron chi connectivity index (χ0n) is 49.2. The summed E-state index contributed by atoms with van der Waals surface area (Å²) in [6.45, 7) is 26.7. The molecule has 3 saturated heterocycles. The zero-order chi connectivity index (χ0) is 60.5. The average molecular weight is 1210 g/mol. The van der Waals surface area contributed by atoms with Gasteiger partial charge in [-0.25, -0.2) is 52.7 Å². The average Bonchev–Trinajstić information content (AvgIpc) is 2.56. The van der Waals surface area contributed by atoms with Crippen LogP contribution in [-0.2, 0) is 30.1 Å². The minimum Gasteiger partial charge on any atom is -0.444 e. The number of H-pyrrole nitrogens is 2. The number of nitrogens with one attached hydrogen (secondary N) is 2. The molecule has 11 heterocycles. The van der Waals surface area contributed by atoms with Crippen LogP contribution in [0.25, 0.3) is 44.6 Å². The molecule has 20 nitrogen and oxygen atoms in total. The van der Waals surface area contributed by atoms with Gasteiger partial charge in [0.15, 0.2) is 33.8 Å². The fraction of sp³-hybridized carbons (Fsp3) is 0.483. The van der Waals surface area contributed by atoms with Gasteiger partial charge in [0.25, 0.3) is 11.1 Å². The third-order valence-electron chi connectivity index (χ3n) is 15.0. The number of aromatic amines is 2. The fourth-order valence-corrected chi connectivity index (χ4v) is 10.4. The maximum Gasteiger partial charge on any atom is 0.496 e. The number of carbonyl (C=O) groups excluding carboxylic acids is 2. The molecule has 8 aromatic heterocycles. The molecule has 0 radical (unpaired) electrons. The predicted octanol–water partition coefficient (Wildman–Crippen LogP) is 10.1. The number of imidazole rings is 2. The highest BCUT2D eigenvalue weighted by Crippen LogP contribution is 2.39. The van der Waals surface area contributed by atoms with Crippen molar-refractivity contribution < 1.29 is 41.5 Å². The van der Waals surface area contributed by atoms with Crippen LogP contribution < -0.4 is 16.6 Å². The van der Waals surface area contributed by atoms with E-state index >= 15 is 8.78 Å². The normalized spacial score (nSPS) is 17.5. The van der Waals surface area contributed by atoms with Gasteiger partial charge in [0.1, 0.15) is 33.1 Å². The molecule has 0 aromatic carbocycles. The van der Waals surface area contributed by atoms with Crippen LogP contribution in [-0.4, -0.2) is 126 Å². The summed E-state index contributed by atoms with van der Waals surface area (Å²) in [6.07, 6.45) is 6.57. The molecule has 0 saturated carbocycles. The first-order valence-electron chi connectivity index (χ1n) is 27.4. The van der Waals surface area contributed by atoms with Gasteiger partial charge in [-0.3, -0.25) is 9.59 Å². The van der Waals surface area contributed by atoms with E-state index in [1.165, 1.54) is 15.9 Å². The Morgan fingerprint density at radius 2 is 1.10 bits per heavy atom. The summed E-state index contributed by atoms with van der Waals surface area (Å²) in [5, 5.41) is 0. The van der Waals surface area contributed by atoms with Crippen LogP contribution in [0.4, 0.5) is 22.8 Å². The van der Waals surface area contributed by atoms with Crippen LogP contribution in [0.15, 0.2) is 69.3 Å². The van der Waals surface area contributed by atoms with Crippen molar-refractivity contribution >= 4 is 74.1 Å². The maximum absolute atomic E-state index is 16.0. The van der Waals surface area contributed by atoms with Crippen molar-refractivity contribution in [3.05, 3.63) is 120 Å². The molecule has 2 amide bonds. The Hall–Kier alpha value is -7.25. The van der Waals surface area contributed by atoms with Gasteiger partial charge in [0.05, 0.1) is 39.3 Å². The molecule has 0 atom stereocenters. The van der Waals surface area contributed by atoms with Crippen LogP contribution in [0.2, 0.25) is 0 Å². The summed E-state index contributed by atoms with van der Waals surface area (Å²) in [5.41, 5.74) is 0.689. The number of hydrogen-bond donors (Lipinski definition) is 2. The van der Waals surface area contributed by atoms with Gasteiger partial charge in [0.2, 0.25) is 0 Å². The van der Waals surface area contributed by atoms with Crippen LogP contribution in [0.5, 0.6) is 0 Å². The molecular formula is C58H69BBrF3N12O8. The van der Waals surface area contributed by atoms with Gasteiger partial charge in [-0.1, -0.05) is 0 Å². The van der Waals surface area contributed by atoms with Crippen molar-refractivity contribution in [2.24, 2.45) is 0 Å². The fourth-order valence-electron chi connectivity index (χ4n) is 9.87. The molecule has 3 aliphatic rings. The molecule has 83 heavy (non-hydrogen) atoms. The number of ether oxygens (including phenoxy) is 2. The summed E-state index contributed by atoms with van der Waals surface area (Å²) >= 11 is 3.25. The summed E-state index contributed by atoms with van der Waals surface area (Å²) in [4.78, 5) is 84.2. The van der Waals surface area contributed by atoms with Crippen LogP contribution in [0.1, 0.15) is 129 Å². The van der Waals surface area contributed by atoms with Crippen molar-refractivity contribution in [3.63, 3.8) is 0 Å². The van der Waals surface area contributed by atoms with Crippen molar-refractivity contribution in [1.82, 2.24) is 58.5 Å². The van der Waals surface area contributed by atoms with Gasteiger partial charge in [-0.2, -0.15) is 0 Å². The van der Waals surface area contributed by atoms with Gasteiger partial charge in [-0.05, 0) is 154 Å². The first kappa shape index (κ1) is 60.3. The topological polar surface area (TPSA) is 229 Å². The Labute approximate surface area is 486 Å². The van der Waals surface area contributed by atoms with E-state index in [9.17, 15) is 23.6 Å². The van der Waals surface area contributed by atoms with Crippen molar-refractivity contribution in [2.45, 2.75) is 156 Å². The third kappa shape index (κ3) is 13.0. The number of halogens is 4. The lowest BCUT2D eigenvalue weighted by Gasteiger charge is -2.36. The number of carbonyl (C=O) groups is 2. The predicted molar refractivity (Wildman–Crippen MR) is 312 cm³/mol. The number of nitrogens with zero attached hydrogens (tertiary/aromatic N) is 10. The number of piperidine rings is 2. The van der Waals surface area contributed by atoms with E-state index in [1.54, 1.807) is 71.3 Å². The maximum atomic E-state index is 16.0. The second-order valence-corrected chi connectivity index (χ2v) is 25.4. The number of pyridine rings is 4. The first-order chi connectivity index (χ1) is 38.6. The van der Waals surface area contributed by atoms with Crippen LogP contribution in [0.3, 0.4) is 0 Å². The number of alkyl halides is 2. The lowest BCUT2D eigenvalue weighted by atomic mass is 9.80. The summed E-state index contributed by atoms with van der Waals surface area (Å²) < 4.78 is 72.3. The van der Waals surface area contributed by atoms with Crippen molar-refractivity contribution in [1.29, 1.82) is 0 Å². The van der Waals surface area contributed by atoms with E-state index in [4.69, 9.17) is 18.8 Å². The van der Waals surface area contributed by atoms with Gasteiger partial charge >= 0.3 is 19.3 Å². The second kappa shape index (κ2) is 22.1. The summed E-state index contributed by atoms with van der Waals surface area (Å²) in [5.74, 6) is -0.418. The van der Waals surface area contributed by atoms with Gasteiger partial charge < -0.3 is 47.4 Å². The minimum absolute atomic E-state index is 0.00951. The Balaban J connectivity index is 0.000000156. The molecule has 8 aromatic rings. The lowest BCUT2D eigenvalue weighted by molar-refractivity contribution is -0.000939. The molecule has 25 heteroatoms. The lowest BCUT2D eigenvalue weighted by Crippen LogP contribution is -2.46. The highest BCUT2D eigenvalue weighted by molar-refractivity contribution is 9.10. The minimum atomic E-state index is -1.86. The van der Waals surface area contributed by atoms with E-state index in [1.807, 2.05) is 83.5 Å². The zero-order valence-corrected chi connectivity index (χ0v) is 50.8. The number of amides is 2. The Morgan fingerprint density at radius 1 is 0.627 bits per heavy atom. The highest BCUT2D eigenvalue weighted by atomic mass is 79.9. The molecule has 0 spiro atoms. The van der Waals surface area contributed by atoms with Gasteiger partial charge in [-0.15, -0.1) is 0 Å². The number of aryl methyl sites for hydroxylation is 4. The van der Waals surface area contributed by atoms with Crippen LogP contribution in [0, 0.1) is 33.5 Å². The molecule has 11 rings (SSSR count). The van der Waals surface area contributed by atoms with Crippen molar-refractivity contribution in [2.75, 3.05) is 26.2 Å². The summed E-state index contributed by atoms with van der Waals surface area (Å²) in [7, 11) is -0.568. The van der Waals surface area contributed by atoms with Crippen LogP contribution >= 0.6 is 15.9 Å². The molecule has 2 N–H and O–H groups in total. The third-order valence-corrected chi connectivity index (χ3v) is 15.4. The number of likely N-dealkylation sites (tertiary alicyclic amines) is 2. The molecule has 0 aliphatic carbocycles. The van der Waals surface area contributed by atoms with E-state index in [0.717, 1.165) is 33.7 Å². The molecular weight excluding hydrogens is 1140 g/mol. The molecule has 0 bridgehead atoms. The molecule has 3 fully saturated rings. The SMILES string of the molecule is Cc1cc(Br)nc2c(=O)[nH]c(C3(F)CCN(C(=O)OC(C)(C)C)CC3)nc12.Cc1cn2cc(-c3cc(C)c4nc(C5(F)CCN(C(=O)OC(C)(C)C)CC5)[nH]c(=O)c4n3)ccc2n1.Cc1cn2cc(B3OC(C)(C)C(C)(C)O3)cc(F)c2n1. The van der Waals surface area contributed by atoms with E-state index in [-0.39, 0.29) is 80.4 Å². The number of fused-ring (bicyclic) bond motifs is 4. The van der Waals surface area contributed by atoms with Gasteiger partial charge in [0, 0.05) is 87.7 Å². The monoisotopic (exact) mass is 1210 g/mol.